The molecule has 0 bridgehead atoms. The monoisotopic (exact) mass is 354 g/mol. The highest BCUT2D eigenvalue weighted by molar-refractivity contribution is 7.91. The largest absolute Gasteiger partial charge is 0.497 e. The standard InChI is InChI=1S/C16H22N2O5S/c1-17-4-5-18(15-10-24(20,21)9-14(15)17)16(19)11-6-12(22-2)8-13(7-11)23-3/h6-8,14-15H,4-5,9-10H2,1-3H3/t14-,15+/m1/s1. The lowest BCUT2D eigenvalue weighted by molar-refractivity contribution is 0.0409. The molecule has 2 aliphatic heterocycles. The summed E-state index contributed by atoms with van der Waals surface area (Å²) in [5.74, 6) is 1.01. The number of nitrogens with zero attached hydrogens (tertiary/aromatic N) is 2. The molecule has 1 amide bonds. The van der Waals surface area contributed by atoms with Crippen molar-refractivity contribution in [3.05, 3.63) is 23.8 Å². The normalized spacial score (nSPS) is 26.0. The molecule has 2 heterocycles. The van der Waals surface area contributed by atoms with Crippen LogP contribution in [-0.4, -0.2) is 82.1 Å². The van der Waals surface area contributed by atoms with Crippen molar-refractivity contribution in [3.8, 4) is 11.5 Å². The van der Waals surface area contributed by atoms with Crippen LogP contribution in [0.3, 0.4) is 0 Å². The van der Waals surface area contributed by atoms with E-state index in [4.69, 9.17) is 9.47 Å². The molecule has 2 atom stereocenters. The van der Waals surface area contributed by atoms with Crippen molar-refractivity contribution in [2.75, 3.05) is 45.9 Å². The lowest BCUT2D eigenvalue weighted by Crippen LogP contribution is -2.59. The fraction of sp³-hybridized carbons (Fsp3) is 0.562. The number of carbonyl (C=O) groups is 1. The number of benzene rings is 1. The Balaban J connectivity index is 1.92. The van der Waals surface area contributed by atoms with Crippen molar-refractivity contribution >= 4 is 15.7 Å². The van der Waals surface area contributed by atoms with Gasteiger partial charge in [-0.2, -0.15) is 0 Å². The van der Waals surface area contributed by atoms with Gasteiger partial charge in [-0.25, -0.2) is 8.42 Å². The van der Waals surface area contributed by atoms with Crippen molar-refractivity contribution in [2.45, 2.75) is 12.1 Å². The minimum absolute atomic E-state index is 0.0227. The maximum Gasteiger partial charge on any atom is 0.254 e. The summed E-state index contributed by atoms with van der Waals surface area (Å²) in [5.41, 5.74) is 0.443. The Morgan fingerprint density at radius 2 is 1.62 bits per heavy atom. The second kappa shape index (κ2) is 6.25. The minimum Gasteiger partial charge on any atom is -0.497 e. The third kappa shape index (κ3) is 3.08. The van der Waals surface area contributed by atoms with E-state index in [-0.39, 0.29) is 29.5 Å². The number of hydrogen-bond acceptors (Lipinski definition) is 6. The Bertz CT molecular complexity index is 727. The van der Waals surface area contributed by atoms with Crippen LogP contribution in [-0.2, 0) is 9.84 Å². The van der Waals surface area contributed by atoms with Gasteiger partial charge in [-0.15, -0.1) is 0 Å². The number of carbonyl (C=O) groups excluding carboxylic acids is 1. The number of hydrogen-bond donors (Lipinski definition) is 0. The predicted molar refractivity (Wildman–Crippen MR) is 89.4 cm³/mol. The molecule has 2 saturated heterocycles. The Morgan fingerprint density at radius 3 is 2.21 bits per heavy atom. The molecule has 0 unspecified atom stereocenters. The van der Waals surface area contributed by atoms with E-state index in [0.29, 0.717) is 30.2 Å². The number of amides is 1. The predicted octanol–water partition coefficient (Wildman–Crippen LogP) is 0.257. The molecule has 8 heteroatoms. The van der Waals surface area contributed by atoms with E-state index in [0.717, 1.165) is 0 Å². The molecule has 0 saturated carbocycles. The van der Waals surface area contributed by atoms with Crippen LogP contribution >= 0.6 is 0 Å². The van der Waals surface area contributed by atoms with E-state index in [9.17, 15) is 13.2 Å². The first-order valence-corrected chi connectivity index (χ1v) is 9.61. The lowest BCUT2D eigenvalue weighted by Gasteiger charge is -2.42. The maximum atomic E-state index is 13.0. The molecule has 1 aromatic carbocycles. The van der Waals surface area contributed by atoms with Crippen LogP contribution in [0.15, 0.2) is 18.2 Å². The molecular formula is C16H22N2O5S. The average molecular weight is 354 g/mol. The van der Waals surface area contributed by atoms with Crippen LogP contribution in [0.2, 0.25) is 0 Å². The highest BCUT2D eigenvalue weighted by Crippen LogP contribution is 2.29. The van der Waals surface area contributed by atoms with E-state index in [2.05, 4.69) is 0 Å². The zero-order chi connectivity index (χ0) is 17.5. The number of likely N-dealkylation sites (N-methyl/N-ethyl adjacent to an activating group) is 1. The third-order valence-electron chi connectivity index (χ3n) is 4.81. The van der Waals surface area contributed by atoms with Gasteiger partial charge in [0.25, 0.3) is 5.91 Å². The van der Waals surface area contributed by atoms with Gasteiger partial charge >= 0.3 is 0 Å². The first-order valence-electron chi connectivity index (χ1n) is 7.79. The van der Waals surface area contributed by atoms with Gasteiger partial charge in [0, 0.05) is 30.8 Å². The quantitative estimate of drug-likeness (QED) is 0.775. The van der Waals surface area contributed by atoms with Crippen molar-refractivity contribution in [1.82, 2.24) is 9.80 Å². The third-order valence-corrected chi connectivity index (χ3v) is 6.51. The maximum absolute atomic E-state index is 13.0. The zero-order valence-corrected chi connectivity index (χ0v) is 14.9. The summed E-state index contributed by atoms with van der Waals surface area (Å²) in [5, 5.41) is 0. The fourth-order valence-electron chi connectivity index (χ4n) is 3.48. The molecule has 0 aromatic heterocycles. The van der Waals surface area contributed by atoms with Gasteiger partial charge in [0.1, 0.15) is 11.5 Å². The van der Waals surface area contributed by atoms with Crippen molar-refractivity contribution in [2.24, 2.45) is 0 Å². The van der Waals surface area contributed by atoms with Gasteiger partial charge in [-0.3, -0.25) is 9.69 Å². The van der Waals surface area contributed by atoms with Gasteiger partial charge in [0.2, 0.25) is 0 Å². The summed E-state index contributed by atoms with van der Waals surface area (Å²) in [4.78, 5) is 16.7. The number of piperazine rings is 1. The van der Waals surface area contributed by atoms with E-state index >= 15 is 0 Å². The molecule has 24 heavy (non-hydrogen) atoms. The Morgan fingerprint density at radius 1 is 1.04 bits per heavy atom. The Labute approximate surface area is 142 Å². The Kier molecular flexibility index (Phi) is 4.44. The smallest absolute Gasteiger partial charge is 0.254 e. The number of sulfone groups is 1. The number of rotatable bonds is 3. The lowest BCUT2D eigenvalue weighted by atomic mass is 10.0. The van der Waals surface area contributed by atoms with Gasteiger partial charge < -0.3 is 14.4 Å². The number of ether oxygens (including phenoxy) is 2. The van der Waals surface area contributed by atoms with Gasteiger partial charge in [0.05, 0.1) is 31.8 Å². The molecule has 2 aliphatic rings. The van der Waals surface area contributed by atoms with Gasteiger partial charge in [-0.1, -0.05) is 0 Å². The molecule has 0 radical (unpaired) electrons. The van der Waals surface area contributed by atoms with Crippen LogP contribution in [0.4, 0.5) is 0 Å². The summed E-state index contributed by atoms with van der Waals surface area (Å²) in [6.45, 7) is 1.16. The molecule has 0 aliphatic carbocycles. The van der Waals surface area contributed by atoms with Crippen LogP contribution in [0.25, 0.3) is 0 Å². The van der Waals surface area contributed by atoms with Crippen LogP contribution < -0.4 is 9.47 Å². The van der Waals surface area contributed by atoms with Gasteiger partial charge in [0.15, 0.2) is 9.84 Å². The first-order chi connectivity index (χ1) is 11.3. The van der Waals surface area contributed by atoms with Crippen LogP contribution in [0.1, 0.15) is 10.4 Å². The average Bonchev–Trinajstić information content (AvgIpc) is 2.90. The second-order valence-corrected chi connectivity index (χ2v) is 8.45. The number of fused-ring (bicyclic) bond motifs is 1. The molecule has 1 aromatic rings. The molecular weight excluding hydrogens is 332 g/mol. The molecule has 7 nitrogen and oxygen atoms in total. The van der Waals surface area contributed by atoms with Crippen molar-refractivity contribution in [3.63, 3.8) is 0 Å². The van der Waals surface area contributed by atoms with E-state index in [1.54, 1.807) is 23.1 Å². The summed E-state index contributed by atoms with van der Waals surface area (Å²) in [6.07, 6.45) is 0. The van der Waals surface area contributed by atoms with E-state index < -0.39 is 9.84 Å². The highest BCUT2D eigenvalue weighted by Gasteiger charge is 2.47. The Hall–Kier alpha value is -1.80. The van der Waals surface area contributed by atoms with Crippen LogP contribution in [0, 0.1) is 0 Å². The molecule has 0 spiro atoms. The second-order valence-electron chi connectivity index (χ2n) is 6.29. The zero-order valence-electron chi connectivity index (χ0n) is 14.1. The topological polar surface area (TPSA) is 76.2 Å². The molecule has 0 N–H and O–H groups in total. The van der Waals surface area contributed by atoms with Crippen molar-refractivity contribution in [1.29, 1.82) is 0 Å². The van der Waals surface area contributed by atoms with Crippen molar-refractivity contribution < 1.29 is 22.7 Å². The van der Waals surface area contributed by atoms with Gasteiger partial charge in [-0.05, 0) is 19.2 Å². The van der Waals surface area contributed by atoms with Crippen LogP contribution in [0.5, 0.6) is 11.5 Å². The van der Waals surface area contributed by atoms with E-state index in [1.807, 2.05) is 11.9 Å². The molecule has 132 valence electrons. The summed E-state index contributed by atoms with van der Waals surface area (Å²) >= 11 is 0. The summed E-state index contributed by atoms with van der Waals surface area (Å²) in [7, 11) is 1.84. The summed E-state index contributed by atoms with van der Waals surface area (Å²) < 4.78 is 34.5. The first kappa shape index (κ1) is 17.0. The van der Waals surface area contributed by atoms with E-state index in [1.165, 1.54) is 14.2 Å². The molecule has 3 rings (SSSR count). The summed E-state index contributed by atoms with van der Waals surface area (Å²) in [6, 6.07) is 4.56. The fourth-order valence-corrected chi connectivity index (χ4v) is 5.53. The highest BCUT2D eigenvalue weighted by atomic mass is 32.2. The minimum atomic E-state index is -3.12. The molecule has 2 fully saturated rings. The SMILES string of the molecule is COc1cc(OC)cc(C(=O)N2CCN(C)[C@@H]3CS(=O)(=O)C[C@@H]32)c1. The number of methoxy groups -OCH3 is 2.